The van der Waals surface area contributed by atoms with Gasteiger partial charge in [-0.25, -0.2) is 0 Å². The third-order valence-corrected chi connectivity index (χ3v) is 2.74. The summed E-state index contributed by atoms with van der Waals surface area (Å²) in [6.45, 7) is 14.2. The molecule has 0 aromatic heterocycles. The van der Waals surface area contributed by atoms with Crippen molar-refractivity contribution in [3.63, 3.8) is 0 Å². The van der Waals surface area contributed by atoms with Crippen molar-refractivity contribution in [3.8, 4) is 0 Å². The summed E-state index contributed by atoms with van der Waals surface area (Å²) in [6.07, 6.45) is 5.88. The van der Waals surface area contributed by atoms with E-state index in [2.05, 4.69) is 44.0 Å². The van der Waals surface area contributed by atoms with Gasteiger partial charge >= 0.3 is 0 Å². The summed E-state index contributed by atoms with van der Waals surface area (Å²) in [6, 6.07) is 10.5. The highest BCUT2D eigenvalue weighted by molar-refractivity contribution is 5.44. The molecule has 0 atom stereocenters. The number of para-hydroxylation sites is 1. The molecule has 0 radical (unpaired) electrons. The van der Waals surface area contributed by atoms with Crippen molar-refractivity contribution in [1.82, 2.24) is 4.48 Å². The van der Waals surface area contributed by atoms with Crippen LogP contribution in [0.1, 0.15) is 0 Å². The fourth-order valence-corrected chi connectivity index (χ4v) is 2.03. The molecule has 0 spiro atoms. The lowest BCUT2D eigenvalue weighted by Crippen LogP contribution is -2.49. The molecule has 0 aliphatic carbocycles. The highest BCUT2D eigenvalue weighted by atomic mass is 15.3. The topological polar surface area (TPSA) is 0 Å². The van der Waals surface area contributed by atoms with E-state index in [9.17, 15) is 0 Å². The normalized spacial score (nSPS) is 10.8. The molecule has 0 heterocycles. The first-order valence-electron chi connectivity index (χ1n) is 5.53. The van der Waals surface area contributed by atoms with Crippen LogP contribution in [0.4, 0.5) is 5.69 Å². The zero-order valence-corrected chi connectivity index (χ0v) is 9.81. The molecule has 0 amide bonds. The van der Waals surface area contributed by atoms with E-state index < -0.39 is 0 Å². The minimum atomic E-state index is 0.817. The minimum Gasteiger partial charge on any atom is -0.281 e. The Morgan fingerprint density at radius 1 is 0.812 bits per heavy atom. The SMILES string of the molecule is C=CC[N+](CC=C)(CC=C)c1ccccc1. The van der Waals surface area contributed by atoms with Gasteiger partial charge in [0.15, 0.2) is 0 Å². The summed E-state index contributed by atoms with van der Waals surface area (Å²) in [4.78, 5) is 0. The number of rotatable bonds is 7. The maximum atomic E-state index is 3.85. The van der Waals surface area contributed by atoms with Crippen molar-refractivity contribution in [1.29, 1.82) is 0 Å². The second-order valence-electron chi connectivity index (χ2n) is 3.89. The van der Waals surface area contributed by atoms with E-state index in [0.717, 1.165) is 24.1 Å². The molecule has 0 fully saturated rings. The first kappa shape index (κ1) is 12.5. The largest absolute Gasteiger partial charge is 0.281 e. The molecule has 1 aromatic carbocycles. The highest BCUT2D eigenvalue weighted by Gasteiger charge is 2.25. The Balaban J connectivity index is 3.13. The van der Waals surface area contributed by atoms with E-state index in [1.54, 1.807) is 0 Å². The Morgan fingerprint density at radius 2 is 1.25 bits per heavy atom. The molecular weight excluding hydrogens is 194 g/mol. The van der Waals surface area contributed by atoms with E-state index in [0.29, 0.717) is 0 Å². The van der Waals surface area contributed by atoms with E-state index >= 15 is 0 Å². The summed E-state index contributed by atoms with van der Waals surface area (Å²) in [5.41, 5.74) is 1.28. The predicted octanol–water partition coefficient (Wildman–Crippen LogP) is 3.55. The predicted molar refractivity (Wildman–Crippen MR) is 73.4 cm³/mol. The second-order valence-corrected chi connectivity index (χ2v) is 3.89. The number of nitrogens with zero attached hydrogens (tertiary/aromatic N) is 1. The van der Waals surface area contributed by atoms with Gasteiger partial charge in [-0.3, -0.25) is 4.48 Å². The Bertz CT molecular complexity index is 324. The monoisotopic (exact) mass is 214 g/mol. The summed E-state index contributed by atoms with van der Waals surface area (Å²) >= 11 is 0. The average molecular weight is 214 g/mol. The molecule has 16 heavy (non-hydrogen) atoms. The average Bonchev–Trinajstić information content (AvgIpc) is 2.31. The van der Waals surface area contributed by atoms with Crippen LogP contribution < -0.4 is 4.48 Å². The third kappa shape index (κ3) is 2.71. The Morgan fingerprint density at radius 3 is 1.62 bits per heavy atom. The molecule has 0 aliphatic heterocycles. The van der Waals surface area contributed by atoms with Gasteiger partial charge in [-0.2, -0.15) is 0 Å². The maximum Gasteiger partial charge on any atom is 0.133 e. The minimum absolute atomic E-state index is 0.817. The number of quaternary nitrogens is 1. The van der Waals surface area contributed by atoms with Gasteiger partial charge < -0.3 is 0 Å². The van der Waals surface area contributed by atoms with Gasteiger partial charge in [0, 0.05) is 0 Å². The molecule has 0 saturated carbocycles. The Kier molecular flexibility index (Phi) is 4.74. The van der Waals surface area contributed by atoms with Crippen LogP contribution in [-0.4, -0.2) is 19.6 Å². The third-order valence-electron chi connectivity index (χ3n) is 2.74. The van der Waals surface area contributed by atoms with Crippen LogP contribution in [0.25, 0.3) is 0 Å². The van der Waals surface area contributed by atoms with Crippen molar-refractivity contribution in [2.45, 2.75) is 0 Å². The molecule has 1 heteroatoms. The van der Waals surface area contributed by atoms with Crippen LogP contribution in [0, 0.1) is 0 Å². The van der Waals surface area contributed by atoms with Crippen LogP contribution in [0.2, 0.25) is 0 Å². The zero-order chi connectivity index (χ0) is 11.9. The summed E-state index contributed by atoms with van der Waals surface area (Å²) in [5, 5.41) is 0. The number of benzene rings is 1. The van der Waals surface area contributed by atoms with Crippen LogP contribution in [0.5, 0.6) is 0 Å². The summed E-state index contributed by atoms with van der Waals surface area (Å²) in [7, 11) is 0. The Labute approximate surface area is 98.6 Å². The lowest BCUT2D eigenvalue weighted by Gasteiger charge is -2.35. The highest BCUT2D eigenvalue weighted by Crippen LogP contribution is 2.22. The zero-order valence-electron chi connectivity index (χ0n) is 9.81. The number of hydrogen-bond donors (Lipinski definition) is 0. The summed E-state index contributed by atoms with van der Waals surface area (Å²) < 4.78 is 0.817. The van der Waals surface area contributed by atoms with Gasteiger partial charge in [-0.05, 0) is 30.4 Å². The molecule has 0 aliphatic rings. The molecule has 1 nitrogen and oxygen atoms in total. The molecule has 0 N–H and O–H groups in total. The Hall–Kier alpha value is -1.60. The van der Waals surface area contributed by atoms with Crippen molar-refractivity contribution < 1.29 is 0 Å². The first-order valence-corrected chi connectivity index (χ1v) is 5.53. The van der Waals surface area contributed by atoms with Gasteiger partial charge in [0.25, 0.3) is 0 Å². The quantitative estimate of drug-likeness (QED) is 0.481. The second kappa shape index (κ2) is 6.09. The molecule has 1 aromatic rings. The molecule has 0 bridgehead atoms. The van der Waals surface area contributed by atoms with Crippen LogP contribution in [-0.2, 0) is 0 Å². The van der Waals surface area contributed by atoms with E-state index in [-0.39, 0.29) is 0 Å². The van der Waals surface area contributed by atoms with Crippen LogP contribution in [0.15, 0.2) is 68.3 Å². The van der Waals surface area contributed by atoms with Gasteiger partial charge in [-0.1, -0.05) is 37.9 Å². The van der Waals surface area contributed by atoms with Crippen molar-refractivity contribution in [2.24, 2.45) is 0 Å². The molecular formula is C15H20N+. The van der Waals surface area contributed by atoms with Crippen molar-refractivity contribution >= 4 is 5.69 Å². The number of hydrogen-bond acceptors (Lipinski definition) is 0. The lowest BCUT2D eigenvalue weighted by molar-refractivity contribution is 0.365. The van der Waals surface area contributed by atoms with Gasteiger partial charge in [0.05, 0.1) is 0 Å². The van der Waals surface area contributed by atoms with Gasteiger partial charge in [0.2, 0.25) is 0 Å². The van der Waals surface area contributed by atoms with Gasteiger partial charge in [0.1, 0.15) is 25.3 Å². The van der Waals surface area contributed by atoms with E-state index in [4.69, 9.17) is 0 Å². The van der Waals surface area contributed by atoms with E-state index in [1.165, 1.54) is 5.69 Å². The standard InChI is InChI=1S/C15H20N/c1-4-12-16(13-5-2,14-6-3)15-10-8-7-9-11-15/h4-11H,1-3,12-14H2/q+1. The van der Waals surface area contributed by atoms with Crippen molar-refractivity contribution in [2.75, 3.05) is 19.6 Å². The maximum absolute atomic E-state index is 3.85. The molecule has 84 valence electrons. The summed E-state index contributed by atoms with van der Waals surface area (Å²) in [5.74, 6) is 0. The molecule has 0 unspecified atom stereocenters. The molecule has 1 rings (SSSR count). The smallest absolute Gasteiger partial charge is 0.133 e. The molecule has 0 saturated heterocycles. The van der Waals surface area contributed by atoms with Crippen LogP contribution in [0.3, 0.4) is 0 Å². The fraction of sp³-hybridized carbons (Fsp3) is 0.200. The first-order chi connectivity index (χ1) is 7.79. The van der Waals surface area contributed by atoms with Crippen molar-refractivity contribution in [3.05, 3.63) is 68.3 Å². The lowest BCUT2D eigenvalue weighted by atomic mass is 10.2. The van der Waals surface area contributed by atoms with Crippen LogP contribution >= 0.6 is 0 Å². The van der Waals surface area contributed by atoms with Gasteiger partial charge in [-0.15, -0.1) is 0 Å². The fourth-order valence-electron chi connectivity index (χ4n) is 2.03. The van der Waals surface area contributed by atoms with E-state index in [1.807, 2.05) is 24.3 Å².